The molecule has 158 valence electrons. The molecular weight excluding hydrogens is 382 g/mol. The summed E-state index contributed by atoms with van der Waals surface area (Å²) in [6, 6.07) is 8.24. The highest BCUT2D eigenvalue weighted by molar-refractivity contribution is 7.99. The van der Waals surface area contributed by atoms with Crippen molar-refractivity contribution in [3.05, 3.63) is 29.8 Å². The van der Waals surface area contributed by atoms with Crippen molar-refractivity contribution in [1.82, 2.24) is 9.80 Å². The van der Waals surface area contributed by atoms with E-state index in [-0.39, 0.29) is 11.9 Å². The standard InChI is InChI=1S/C23H33N3O2S/c27-22(25-12-14-29-15-13-25)16-18-8-10-20(11-9-18)24-23(28)26(17-19-6-7-19)21-4-2-1-3-5-21/h8-11,19,21H,1-7,12-17H2,(H,24,28). The third-order valence-corrected chi connectivity index (χ3v) is 7.29. The molecule has 1 aliphatic heterocycles. The van der Waals surface area contributed by atoms with Crippen LogP contribution in [0.1, 0.15) is 50.5 Å². The van der Waals surface area contributed by atoms with Gasteiger partial charge in [-0.2, -0.15) is 11.8 Å². The van der Waals surface area contributed by atoms with Gasteiger partial charge in [0.1, 0.15) is 0 Å². The van der Waals surface area contributed by atoms with Gasteiger partial charge in [0.2, 0.25) is 5.91 Å². The van der Waals surface area contributed by atoms with E-state index in [0.717, 1.165) is 55.2 Å². The summed E-state index contributed by atoms with van der Waals surface area (Å²) >= 11 is 1.91. The molecule has 1 aromatic carbocycles. The molecule has 0 unspecified atom stereocenters. The van der Waals surface area contributed by atoms with Crippen LogP contribution in [0.15, 0.2) is 24.3 Å². The van der Waals surface area contributed by atoms with Gasteiger partial charge in [-0.05, 0) is 49.3 Å². The van der Waals surface area contributed by atoms with Gasteiger partial charge >= 0.3 is 6.03 Å². The van der Waals surface area contributed by atoms with Crippen molar-refractivity contribution in [3.8, 4) is 0 Å². The predicted molar refractivity (Wildman–Crippen MR) is 119 cm³/mol. The van der Waals surface area contributed by atoms with Crippen LogP contribution >= 0.6 is 11.8 Å². The molecule has 0 bridgehead atoms. The molecule has 0 spiro atoms. The molecule has 2 saturated carbocycles. The average molecular weight is 416 g/mol. The molecule has 3 aliphatic rings. The number of benzene rings is 1. The van der Waals surface area contributed by atoms with Crippen LogP contribution in [-0.2, 0) is 11.2 Å². The van der Waals surface area contributed by atoms with Crippen molar-refractivity contribution < 1.29 is 9.59 Å². The number of rotatable bonds is 6. The smallest absolute Gasteiger partial charge is 0.322 e. The summed E-state index contributed by atoms with van der Waals surface area (Å²) < 4.78 is 0. The Labute approximate surface area is 178 Å². The van der Waals surface area contributed by atoms with Gasteiger partial charge in [-0.25, -0.2) is 4.79 Å². The fraction of sp³-hybridized carbons (Fsp3) is 0.652. The number of amides is 3. The summed E-state index contributed by atoms with van der Waals surface area (Å²) in [4.78, 5) is 29.5. The van der Waals surface area contributed by atoms with Crippen LogP contribution in [0, 0.1) is 5.92 Å². The minimum atomic E-state index is 0.0402. The van der Waals surface area contributed by atoms with E-state index < -0.39 is 0 Å². The van der Waals surface area contributed by atoms with Crippen molar-refractivity contribution in [1.29, 1.82) is 0 Å². The molecule has 5 nitrogen and oxygen atoms in total. The van der Waals surface area contributed by atoms with Gasteiger partial charge in [0.25, 0.3) is 0 Å². The molecule has 1 N–H and O–H groups in total. The highest BCUT2D eigenvalue weighted by atomic mass is 32.2. The van der Waals surface area contributed by atoms with Crippen LogP contribution in [0.2, 0.25) is 0 Å². The minimum absolute atomic E-state index is 0.0402. The third-order valence-electron chi connectivity index (χ3n) is 6.35. The molecule has 3 fully saturated rings. The monoisotopic (exact) mass is 415 g/mol. The highest BCUT2D eigenvalue weighted by Gasteiger charge is 2.31. The molecule has 0 radical (unpaired) electrons. The zero-order chi connectivity index (χ0) is 20.1. The second-order valence-corrected chi connectivity index (χ2v) is 9.91. The topological polar surface area (TPSA) is 52.7 Å². The Morgan fingerprint density at radius 1 is 1.00 bits per heavy atom. The van der Waals surface area contributed by atoms with Crippen molar-refractivity contribution in [3.63, 3.8) is 0 Å². The van der Waals surface area contributed by atoms with Crippen LogP contribution in [0.5, 0.6) is 0 Å². The summed E-state index contributed by atoms with van der Waals surface area (Å²) in [6.07, 6.45) is 8.99. The lowest BCUT2D eigenvalue weighted by Gasteiger charge is -2.34. The van der Waals surface area contributed by atoms with Gasteiger partial charge in [0.15, 0.2) is 0 Å². The fourth-order valence-electron chi connectivity index (χ4n) is 4.37. The van der Waals surface area contributed by atoms with Crippen LogP contribution in [-0.4, -0.2) is 58.9 Å². The highest BCUT2D eigenvalue weighted by Crippen LogP contribution is 2.33. The number of carbonyl (C=O) groups is 2. The van der Waals surface area contributed by atoms with E-state index in [0.29, 0.717) is 18.4 Å². The summed E-state index contributed by atoms with van der Waals surface area (Å²) in [7, 11) is 0. The van der Waals surface area contributed by atoms with Gasteiger partial charge in [-0.15, -0.1) is 0 Å². The number of urea groups is 1. The zero-order valence-electron chi connectivity index (χ0n) is 17.3. The molecule has 29 heavy (non-hydrogen) atoms. The maximum Gasteiger partial charge on any atom is 0.322 e. The Morgan fingerprint density at radius 3 is 2.34 bits per heavy atom. The molecule has 1 heterocycles. The number of hydrogen-bond donors (Lipinski definition) is 1. The van der Waals surface area contributed by atoms with E-state index in [1.807, 2.05) is 40.9 Å². The summed E-state index contributed by atoms with van der Waals surface area (Å²) in [5.41, 5.74) is 1.82. The Morgan fingerprint density at radius 2 is 1.69 bits per heavy atom. The molecule has 2 aliphatic carbocycles. The van der Waals surface area contributed by atoms with E-state index in [1.54, 1.807) is 0 Å². The van der Waals surface area contributed by atoms with E-state index in [9.17, 15) is 9.59 Å². The molecule has 3 amide bonds. The molecule has 4 rings (SSSR count). The van der Waals surface area contributed by atoms with Gasteiger partial charge in [-0.3, -0.25) is 4.79 Å². The normalized spacial score (nSPS) is 20.3. The Bertz CT molecular complexity index is 693. The van der Waals surface area contributed by atoms with Gasteiger partial charge < -0.3 is 15.1 Å². The number of thioether (sulfide) groups is 1. The molecule has 1 saturated heterocycles. The SMILES string of the molecule is O=C(Cc1ccc(NC(=O)N(CC2CC2)C2CCCCC2)cc1)N1CCSCC1. The van der Waals surface area contributed by atoms with Gasteiger partial charge in [0, 0.05) is 42.9 Å². The first-order valence-corrected chi connectivity index (χ1v) is 12.4. The maximum atomic E-state index is 13.0. The van der Waals surface area contributed by atoms with Crippen molar-refractivity contribution in [2.75, 3.05) is 36.5 Å². The molecule has 0 aromatic heterocycles. The number of nitrogens with one attached hydrogen (secondary N) is 1. The molecular formula is C23H33N3O2S. The first-order valence-electron chi connectivity index (χ1n) is 11.2. The fourth-order valence-corrected chi connectivity index (χ4v) is 5.27. The Balaban J connectivity index is 1.32. The summed E-state index contributed by atoms with van der Waals surface area (Å²) in [5.74, 6) is 2.98. The number of anilines is 1. The van der Waals surface area contributed by atoms with Gasteiger partial charge in [0.05, 0.1) is 6.42 Å². The zero-order valence-corrected chi connectivity index (χ0v) is 18.1. The lowest BCUT2D eigenvalue weighted by atomic mass is 9.94. The number of nitrogens with zero attached hydrogens (tertiary/aromatic N) is 2. The van der Waals surface area contributed by atoms with E-state index in [4.69, 9.17) is 0 Å². The minimum Gasteiger partial charge on any atom is -0.341 e. The van der Waals surface area contributed by atoms with E-state index in [2.05, 4.69) is 10.2 Å². The summed E-state index contributed by atoms with van der Waals surface area (Å²) in [5, 5.41) is 3.11. The lowest BCUT2D eigenvalue weighted by Crippen LogP contribution is -2.45. The van der Waals surface area contributed by atoms with E-state index >= 15 is 0 Å². The van der Waals surface area contributed by atoms with Gasteiger partial charge in [-0.1, -0.05) is 31.4 Å². The first-order chi connectivity index (χ1) is 14.2. The number of hydrogen-bond acceptors (Lipinski definition) is 3. The van der Waals surface area contributed by atoms with Crippen molar-refractivity contribution in [2.24, 2.45) is 5.92 Å². The summed E-state index contributed by atoms with van der Waals surface area (Å²) in [6.45, 7) is 2.61. The van der Waals surface area contributed by atoms with Crippen LogP contribution in [0.25, 0.3) is 0 Å². The maximum absolute atomic E-state index is 13.0. The lowest BCUT2D eigenvalue weighted by molar-refractivity contribution is -0.130. The third kappa shape index (κ3) is 5.91. The van der Waals surface area contributed by atoms with Crippen LogP contribution in [0.3, 0.4) is 0 Å². The van der Waals surface area contributed by atoms with E-state index in [1.165, 1.54) is 32.1 Å². The first kappa shape index (κ1) is 20.6. The van der Waals surface area contributed by atoms with Crippen molar-refractivity contribution >= 4 is 29.4 Å². The second kappa shape index (κ2) is 9.88. The van der Waals surface area contributed by atoms with Crippen LogP contribution in [0.4, 0.5) is 10.5 Å². The average Bonchev–Trinajstić information content (AvgIpc) is 3.59. The number of carbonyl (C=O) groups excluding carboxylic acids is 2. The van der Waals surface area contributed by atoms with Crippen LogP contribution < -0.4 is 5.32 Å². The Hall–Kier alpha value is -1.69. The molecule has 6 heteroatoms. The second-order valence-electron chi connectivity index (χ2n) is 8.68. The quantitative estimate of drug-likeness (QED) is 0.750. The van der Waals surface area contributed by atoms with Crippen molar-refractivity contribution in [2.45, 2.75) is 57.4 Å². The Kier molecular flexibility index (Phi) is 7.01. The predicted octanol–water partition coefficient (Wildman–Crippen LogP) is 4.38. The molecule has 1 aromatic rings. The molecule has 0 atom stereocenters. The largest absolute Gasteiger partial charge is 0.341 e.